The molecular formula is C50H54N2O2. The van der Waals surface area contributed by atoms with Crippen LogP contribution < -0.4 is 20.9 Å². The summed E-state index contributed by atoms with van der Waals surface area (Å²) in [6.07, 6.45) is 0. The first kappa shape index (κ1) is 38.0. The number of nitrogen functional groups attached to an aromatic ring is 2. The Kier molecular flexibility index (Phi) is 10.3. The minimum Gasteiger partial charge on any atom is -0.457 e. The van der Waals surface area contributed by atoms with Crippen LogP contribution in [0.2, 0.25) is 0 Å². The van der Waals surface area contributed by atoms with Crippen LogP contribution in [-0.4, -0.2) is 0 Å². The number of nitrogens with two attached hydrogens (primary N) is 2. The molecule has 4 N–H and O–H groups in total. The molecule has 0 aromatic heterocycles. The van der Waals surface area contributed by atoms with E-state index in [1.807, 2.05) is 60.7 Å². The smallest absolute Gasteiger partial charge is 0.127 e. The molecule has 6 aromatic carbocycles. The minimum atomic E-state index is -0.312. The Balaban J connectivity index is 1.22. The molecule has 0 spiro atoms. The molecule has 0 aliphatic carbocycles. The van der Waals surface area contributed by atoms with Gasteiger partial charge in [0.1, 0.15) is 23.0 Å². The SMILES string of the molecule is C=C(c1ccc(C(C)(C)c2ccc(Oc3ccc(N)cc3)cc2)cc1)c1ccc(C(c2ccc(Oc3ccc(N)cc3)cc2)(C(C)(C)C)C(C)(C)C)cc1. The van der Waals surface area contributed by atoms with E-state index >= 15 is 0 Å². The average Bonchev–Trinajstić information content (AvgIpc) is 3.13. The highest BCUT2D eigenvalue weighted by Gasteiger charge is 2.52. The van der Waals surface area contributed by atoms with E-state index in [9.17, 15) is 0 Å². The van der Waals surface area contributed by atoms with Gasteiger partial charge in [0.2, 0.25) is 0 Å². The molecular weight excluding hydrogens is 661 g/mol. The Morgan fingerprint density at radius 3 is 0.963 bits per heavy atom. The first-order valence-corrected chi connectivity index (χ1v) is 18.7. The molecule has 6 rings (SSSR count). The number of hydrogen-bond donors (Lipinski definition) is 2. The Morgan fingerprint density at radius 2 is 0.648 bits per heavy atom. The molecule has 0 saturated carbocycles. The third-order valence-corrected chi connectivity index (χ3v) is 11.0. The van der Waals surface area contributed by atoms with Gasteiger partial charge in [-0.3, -0.25) is 0 Å². The van der Waals surface area contributed by atoms with Crippen LogP contribution in [0.4, 0.5) is 11.4 Å². The second-order valence-corrected chi connectivity index (χ2v) is 16.9. The summed E-state index contributed by atoms with van der Waals surface area (Å²) in [5, 5.41) is 0. The molecule has 0 aliphatic rings. The molecule has 0 bridgehead atoms. The number of hydrogen-bond acceptors (Lipinski definition) is 4. The van der Waals surface area contributed by atoms with Crippen molar-refractivity contribution >= 4 is 16.9 Å². The standard InChI is InChI=1S/C50H54N2O2/c1-34(35-10-14-37(15-11-35)49(8,9)38-18-26-43(27-19-38)53-45-30-22-41(51)23-31-45)36-12-16-39(17-13-36)50(47(2,3)4,48(5,6)7)40-20-28-44(29-21-40)54-46-32-24-42(52)25-33-46/h10-33H,1,51-52H2,2-9H3. The number of anilines is 2. The van der Waals surface area contributed by atoms with Crippen molar-refractivity contribution in [3.05, 3.63) is 186 Å². The van der Waals surface area contributed by atoms with E-state index in [1.54, 1.807) is 0 Å². The van der Waals surface area contributed by atoms with Gasteiger partial charge in [-0.1, -0.05) is 135 Å². The van der Waals surface area contributed by atoms with Crippen LogP contribution in [0.15, 0.2) is 152 Å². The van der Waals surface area contributed by atoms with Crippen LogP contribution in [0.1, 0.15) is 88.8 Å². The van der Waals surface area contributed by atoms with E-state index in [2.05, 4.69) is 147 Å². The van der Waals surface area contributed by atoms with Gasteiger partial charge in [-0.15, -0.1) is 0 Å². The predicted octanol–water partition coefficient (Wildman–Crippen LogP) is 13.2. The largest absolute Gasteiger partial charge is 0.457 e. The molecule has 0 unspecified atom stereocenters. The van der Waals surface area contributed by atoms with Crippen molar-refractivity contribution in [3.8, 4) is 23.0 Å². The van der Waals surface area contributed by atoms with Gasteiger partial charge in [0.15, 0.2) is 0 Å². The van der Waals surface area contributed by atoms with Crippen LogP contribution in [-0.2, 0) is 10.8 Å². The molecule has 0 atom stereocenters. The fraction of sp³-hybridized carbons (Fsp3) is 0.240. The van der Waals surface area contributed by atoms with Gasteiger partial charge < -0.3 is 20.9 Å². The number of ether oxygens (including phenoxy) is 2. The summed E-state index contributed by atoms with van der Waals surface area (Å²) in [7, 11) is 0. The van der Waals surface area contributed by atoms with Crippen LogP contribution >= 0.6 is 0 Å². The number of rotatable bonds is 10. The Hall–Kier alpha value is -5.74. The predicted molar refractivity (Wildman–Crippen MR) is 228 cm³/mol. The lowest BCUT2D eigenvalue weighted by atomic mass is 9.48. The molecule has 4 nitrogen and oxygen atoms in total. The molecule has 4 heteroatoms. The summed E-state index contributed by atoms with van der Waals surface area (Å²) in [4.78, 5) is 0. The molecule has 0 radical (unpaired) electrons. The Morgan fingerprint density at radius 1 is 0.389 bits per heavy atom. The molecule has 0 aliphatic heterocycles. The lowest BCUT2D eigenvalue weighted by molar-refractivity contribution is 0.0906. The highest BCUT2D eigenvalue weighted by Crippen LogP contribution is 2.57. The summed E-state index contributed by atoms with van der Waals surface area (Å²) in [5.74, 6) is 3.10. The van der Waals surface area contributed by atoms with E-state index in [4.69, 9.17) is 20.9 Å². The third-order valence-electron chi connectivity index (χ3n) is 11.0. The van der Waals surface area contributed by atoms with Crippen molar-refractivity contribution in [2.45, 2.75) is 66.2 Å². The average molecular weight is 715 g/mol. The third kappa shape index (κ3) is 7.52. The maximum atomic E-state index is 6.16. The van der Waals surface area contributed by atoms with Crippen LogP contribution in [0.25, 0.3) is 5.57 Å². The van der Waals surface area contributed by atoms with E-state index < -0.39 is 0 Å². The van der Waals surface area contributed by atoms with Crippen LogP contribution in [0.5, 0.6) is 23.0 Å². The van der Waals surface area contributed by atoms with Crippen molar-refractivity contribution in [1.29, 1.82) is 0 Å². The zero-order chi connectivity index (χ0) is 38.9. The van der Waals surface area contributed by atoms with Gasteiger partial charge in [0.25, 0.3) is 0 Å². The molecule has 276 valence electrons. The van der Waals surface area contributed by atoms with Crippen molar-refractivity contribution in [1.82, 2.24) is 0 Å². The van der Waals surface area contributed by atoms with Gasteiger partial charge in [0, 0.05) is 22.2 Å². The molecule has 0 saturated heterocycles. The first-order valence-electron chi connectivity index (χ1n) is 18.7. The van der Waals surface area contributed by atoms with E-state index in [1.165, 1.54) is 22.3 Å². The highest BCUT2D eigenvalue weighted by atomic mass is 16.5. The van der Waals surface area contributed by atoms with Crippen LogP contribution in [0.3, 0.4) is 0 Å². The fourth-order valence-corrected chi connectivity index (χ4v) is 8.42. The van der Waals surface area contributed by atoms with Gasteiger partial charge in [0.05, 0.1) is 0 Å². The Bertz CT molecular complexity index is 2170. The van der Waals surface area contributed by atoms with Crippen molar-refractivity contribution in [3.63, 3.8) is 0 Å². The topological polar surface area (TPSA) is 70.5 Å². The molecule has 0 fully saturated rings. The summed E-state index contributed by atoms with van der Waals surface area (Å²) < 4.78 is 12.2. The zero-order valence-corrected chi connectivity index (χ0v) is 33.0. The van der Waals surface area contributed by atoms with Gasteiger partial charge in [-0.25, -0.2) is 0 Å². The van der Waals surface area contributed by atoms with Crippen molar-refractivity contribution in [2.24, 2.45) is 10.8 Å². The monoisotopic (exact) mass is 714 g/mol. The zero-order valence-electron chi connectivity index (χ0n) is 33.0. The minimum absolute atomic E-state index is 0.115. The van der Waals surface area contributed by atoms with Crippen molar-refractivity contribution in [2.75, 3.05) is 11.5 Å². The quantitative estimate of drug-likeness (QED) is 0.139. The van der Waals surface area contributed by atoms with Gasteiger partial charge in [-0.05, 0) is 123 Å². The van der Waals surface area contributed by atoms with Gasteiger partial charge >= 0.3 is 0 Å². The highest BCUT2D eigenvalue weighted by molar-refractivity contribution is 5.78. The fourth-order valence-electron chi connectivity index (χ4n) is 8.42. The summed E-state index contributed by atoms with van der Waals surface area (Å²) in [5.41, 5.74) is 20.5. The van der Waals surface area contributed by atoms with E-state index in [-0.39, 0.29) is 21.7 Å². The molecule has 54 heavy (non-hydrogen) atoms. The molecule has 6 aromatic rings. The lowest BCUT2D eigenvalue weighted by Crippen LogP contribution is -2.51. The van der Waals surface area contributed by atoms with Crippen molar-refractivity contribution < 1.29 is 9.47 Å². The summed E-state index contributed by atoms with van der Waals surface area (Å²) in [6, 6.07) is 49.7. The normalized spacial score (nSPS) is 12.3. The lowest BCUT2D eigenvalue weighted by Gasteiger charge is -2.55. The number of benzene rings is 6. The van der Waals surface area contributed by atoms with E-state index in [0.717, 1.165) is 39.7 Å². The first-order chi connectivity index (χ1) is 25.5. The second kappa shape index (κ2) is 14.6. The second-order valence-electron chi connectivity index (χ2n) is 16.9. The maximum absolute atomic E-state index is 6.16. The summed E-state index contributed by atoms with van der Waals surface area (Å²) >= 11 is 0. The molecule has 0 amide bonds. The van der Waals surface area contributed by atoms with E-state index in [0.29, 0.717) is 11.4 Å². The van der Waals surface area contributed by atoms with Gasteiger partial charge in [-0.2, -0.15) is 0 Å². The Labute approximate surface area is 322 Å². The summed E-state index contributed by atoms with van der Waals surface area (Å²) in [6.45, 7) is 23.1. The maximum Gasteiger partial charge on any atom is 0.127 e. The van der Waals surface area contributed by atoms with Crippen LogP contribution in [0, 0.1) is 10.8 Å². The molecule has 0 heterocycles.